The zero-order valence-corrected chi connectivity index (χ0v) is 14.7. The molecule has 0 saturated heterocycles. The molecule has 1 atom stereocenters. The Kier molecular flexibility index (Phi) is 6.80. The van der Waals surface area contributed by atoms with E-state index in [1.54, 1.807) is 24.3 Å². The number of hydrogen-bond acceptors (Lipinski definition) is 2. The molecule has 2 rings (SSSR count). The van der Waals surface area contributed by atoms with E-state index in [1.165, 1.54) is 0 Å². The first-order valence-electron chi connectivity index (χ1n) is 8.45. The first-order valence-corrected chi connectivity index (χ1v) is 8.45. The maximum Gasteiger partial charge on any atom is 0.406 e. The highest BCUT2D eigenvalue weighted by atomic mass is 19.4. The molecule has 0 fully saturated rings. The molecule has 0 aromatic heterocycles. The molecule has 0 aliphatic rings. The van der Waals surface area contributed by atoms with Crippen LogP contribution in [0.25, 0.3) is 0 Å². The van der Waals surface area contributed by atoms with Crippen LogP contribution in [0.3, 0.4) is 0 Å². The van der Waals surface area contributed by atoms with E-state index in [2.05, 4.69) is 0 Å². The quantitative estimate of drug-likeness (QED) is 0.807. The Balaban J connectivity index is 2.02. The van der Waals surface area contributed by atoms with Gasteiger partial charge in [-0.25, -0.2) is 0 Å². The van der Waals surface area contributed by atoms with Crippen molar-refractivity contribution in [3.63, 3.8) is 0 Å². The van der Waals surface area contributed by atoms with Crippen LogP contribution in [0.2, 0.25) is 0 Å². The van der Waals surface area contributed by atoms with Crippen LogP contribution in [0.15, 0.2) is 54.6 Å². The Morgan fingerprint density at radius 2 is 1.69 bits per heavy atom. The van der Waals surface area contributed by atoms with Crippen molar-refractivity contribution in [3.8, 4) is 0 Å². The SMILES string of the molecule is Cc1ccc(CCN(CC(F)(F)F)C(=O)CC(N)c2ccccc2)cc1. The molecule has 0 aliphatic carbocycles. The number of rotatable bonds is 7. The largest absolute Gasteiger partial charge is 0.406 e. The minimum atomic E-state index is -4.44. The van der Waals surface area contributed by atoms with Crippen LogP contribution in [-0.4, -0.2) is 30.1 Å². The van der Waals surface area contributed by atoms with Gasteiger partial charge in [-0.1, -0.05) is 60.2 Å². The average Bonchev–Trinajstić information content (AvgIpc) is 2.59. The summed E-state index contributed by atoms with van der Waals surface area (Å²) < 4.78 is 38.6. The molecule has 0 heterocycles. The smallest absolute Gasteiger partial charge is 0.333 e. The number of nitrogens with zero attached hydrogens (tertiary/aromatic N) is 1. The first-order chi connectivity index (χ1) is 12.2. The summed E-state index contributed by atoms with van der Waals surface area (Å²) in [7, 11) is 0. The number of hydrogen-bond donors (Lipinski definition) is 1. The van der Waals surface area contributed by atoms with Crippen LogP contribution >= 0.6 is 0 Å². The second kappa shape index (κ2) is 8.85. The Morgan fingerprint density at radius 1 is 1.08 bits per heavy atom. The number of benzene rings is 2. The van der Waals surface area contributed by atoms with Gasteiger partial charge in [-0.3, -0.25) is 4.79 Å². The summed E-state index contributed by atoms with van der Waals surface area (Å²) in [4.78, 5) is 13.3. The summed E-state index contributed by atoms with van der Waals surface area (Å²) in [6.45, 7) is 0.677. The van der Waals surface area contributed by atoms with Crippen molar-refractivity contribution in [2.75, 3.05) is 13.1 Å². The monoisotopic (exact) mass is 364 g/mol. The highest BCUT2D eigenvalue weighted by Crippen LogP contribution is 2.20. The molecule has 0 spiro atoms. The van der Waals surface area contributed by atoms with E-state index in [1.807, 2.05) is 37.3 Å². The number of aryl methyl sites for hydroxylation is 1. The van der Waals surface area contributed by atoms with E-state index in [0.717, 1.165) is 21.6 Å². The minimum Gasteiger partial charge on any atom is -0.333 e. The number of carbonyl (C=O) groups is 1. The van der Waals surface area contributed by atoms with Crippen molar-refractivity contribution in [2.24, 2.45) is 5.73 Å². The average molecular weight is 364 g/mol. The highest BCUT2D eigenvalue weighted by Gasteiger charge is 2.33. The lowest BCUT2D eigenvalue weighted by Gasteiger charge is -2.25. The number of halogens is 3. The predicted octanol–water partition coefficient (Wildman–Crippen LogP) is 4.02. The third-order valence-electron chi connectivity index (χ3n) is 4.14. The molecule has 0 bridgehead atoms. The third-order valence-corrected chi connectivity index (χ3v) is 4.14. The van der Waals surface area contributed by atoms with E-state index in [9.17, 15) is 18.0 Å². The molecule has 2 aromatic rings. The number of carbonyl (C=O) groups excluding carboxylic acids is 1. The molecule has 0 aliphatic heterocycles. The molecule has 6 heteroatoms. The summed E-state index contributed by atoms with van der Waals surface area (Å²) in [5, 5.41) is 0. The van der Waals surface area contributed by atoms with Crippen LogP contribution in [0, 0.1) is 6.92 Å². The van der Waals surface area contributed by atoms with Gasteiger partial charge in [0, 0.05) is 19.0 Å². The van der Waals surface area contributed by atoms with Crippen LogP contribution in [0.5, 0.6) is 0 Å². The number of alkyl halides is 3. The first kappa shape index (κ1) is 20.0. The summed E-state index contributed by atoms with van der Waals surface area (Å²) in [6.07, 6.45) is -4.24. The normalized spacial score (nSPS) is 12.7. The second-order valence-corrected chi connectivity index (χ2v) is 6.39. The Morgan fingerprint density at radius 3 is 2.27 bits per heavy atom. The van der Waals surface area contributed by atoms with Gasteiger partial charge >= 0.3 is 6.18 Å². The predicted molar refractivity (Wildman–Crippen MR) is 95.5 cm³/mol. The van der Waals surface area contributed by atoms with Crippen molar-refractivity contribution in [3.05, 3.63) is 71.3 Å². The molecule has 140 valence electrons. The maximum absolute atomic E-state index is 12.9. The van der Waals surface area contributed by atoms with Crippen LogP contribution in [-0.2, 0) is 11.2 Å². The van der Waals surface area contributed by atoms with Gasteiger partial charge in [0.15, 0.2) is 0 Å². The van der Waals surface area contributed by atoms with Gasteiger partial charge in [0.1, 0.15) is 6.54 Å². The summed E-state index contributed by atoms with van der Waals surface area (Å²) >= 11 is 0. The van der Waals surface area contributed by atoms with Gasteiger partial charge in [0.05, 0.1) is 0 Å². The van der Waals surface area contributed by atoms with Gasteiger partial charge in [-0.2, -0.15) is 13.2 Å². The zero-order chi connectivity index (χ0) is 19.2. The standard InChI is InChI=1S/C20H23F3N2O/c1-15-7-9-16(10-8-15)11-12-25(14-20(21,22)23)19(26)13-18(24)17-5-3-2-4-6-17/h2-10,18H,11-14,24H2,1H3. The molecule has 1 amide bonds. The highest BCUT2D eigenvalue weighted by molar-refractivity contribution is 5.77. The molecule has 26 heavy (non-hydrogen) atoms. The van der Waals surface area contributed by atoms with E-state index >= 15 is 0 Å². The van der Waals surface area contributed by atoms with E-state index in [0.29, 0.717) is 6.42 Å². The fourth-order valence-electron chi connectivity index (χ4n) is 2.66. The van der Waals surface area contributed by atoms with Gasteiger partial charge < -0.3 is 10.6 Å². The van der Waals surface area contributed by atoms with Gasteiger partial charge in [-0.15, -0.1) is 0 Å². The Labute approximate surface area is 151 Å². The van der Waals surface area contributed by atoms with Crippen molar-refractivity contribution >= 4 is 5.91 Å². The molecule has 2 N–H and O–H groups in total. The van der Waals surface area contributed by atoms with Crippen molar-refractivity contribution in [1.82, 2.24) is 4.90 Å². The molecule has 0 radical (unpaired) electrons. The maximum atomic E-state index is 12.9. The van der Waals surface area contributed by atoms with Crippen LogP contribution in [0.4, 0.5) is 13.2 Å². The van der Waals surface area contributed by atoms with Crippen LogP contribution < -0.4 is 5.73 Å². The van der Waals surface area contributed by atoms with Gasteiger partial charge in [0.2, 0.25) is 5.91 Å². The molecular weight excluding hydrogens is 341 g/mol. The fourth-order valence-corrected chi connectivity index (χ4v) is 2.66. The molecule has 1 unspecified atom stereocenters. The molecule has 2 aromatic carbocycles. The van der Waals surface area contributed by atoms with Crippen molar-refractivity contribution < 1.29 is 18.0 Å². The molecule has 3 nitrogen and oxygen atoms in total. The molecular formula is C20H23F3N2O. The zero-order valence-electron chi connectivity index (χ0n) is 14.7. The van der Waals surface area contributed by atoms with E-state index in [-0.39, 0.29) is 13.0 Å². The minimum absolute atomic E-state index is 0.00289. The number of amides is 1. The lowest BCUT2D eigenvalue weighted by molar-refractivity contribution is -0.161. The fraction of sp³-hybridized carbons (Fsp3) is 0.350. The van der Waals surface area contributed by atoms with Crippen LogP contribution in [0.1, 0.15) is 29.2 Å². The summed E-state index contributed by atoms with van der Waals surface area (Å²) in [5.41, 5.74) is 8.69. The lowest BCUT2D eigenvalue weighted by atomic mass is 10.0. The third kappa shape index (κ3) is 6.52. The summed E-state index contributed by atoms with van der Waals surface area (Å²) in [6, 6.07) is 15.8. The van der Waals surface area contributed by atoms with Crippen molar-refractivity contribution in [2.45, 2.75) is 32.0 Å². The summed E-state index contributed by atoms with van der Waals surface area (Å²) in [5.74, 6) is -0.592. The van der Waals surface area contributed by atoms with Crippen molar-refractivity contribution in [1.29, 1.82) is 0 Å². The van der Waals surface area contributed by atoms with E-state index in [4.69, 9.17) is 5.73 Å². The molecule has 0 saturated carbocycles. The lowest BCUT2D eigenvalue weighted by Crippen LogP contribution is -2.41. The Bertz CT molecular complexity index is 699. The van der Waals surface area contributed by atoms with Gasteiger partial charge in [-0.05, 0) is 24.5 Å². The Hall–Kier alpha value is -2.34. The van der Waals surface area contributed by atoms with Gasteiger partial charge in [0.25, 0.3) is 0 Å². The second-order valence-electron chi connectivity index (χ2n) is 6.39. The van der Waals surface area contributed by atoms with E-state index < -0.39 is 24.7 Å². The topological polar surface area (TPSA) is 46.3 Å². The number of nitrogens with two attached hydrogens (primary N) is 1.